The van der Waals surface area contributed by atoms with E-state index in [-0.39, 0.29) is 11.7 Å². The molecule has 1 amide bonds. The SMILES string of the molecule is Cc1cnn(C2(C(=O)O)CCN(C(=O)c3ocnc3C)CC2)c1. The quantitative estimate of drug-likeness (QED) is 0.912. The summed E-state index contributed by atoms with van der Waals surface area (Å²) in [7, 11) is 0. The Morgan fingerprint density at radius 3 is 2.48 bits per heavy atom. The van der Waals surface area contributed by atoms with Crippen molar-refractivity contribution in [3.05, 3.63) is 35.8 Å². The third-order valence-corrected chi connectivity index (χ3v) is 4.37. The van der Waals surface area contributed by atoms with E-state index in [4.69, 9.17) is 4.42 Å². The molecule has 1 fully saturated rings. The number of carbonyl (C=O) groups excluding carboxylic acids is 1. The lowest BCUT2D eigenvalue weighted by Gasteiger charge is -2.38. The van der Waals surface area contributed by atoms with Gasteiger partial charge in [-0.05, 0) is 19.4 Å². The van der Waals surface area contributed by atoms with Gasteiger partial charge < -0.3 is 14.4 Å². The van der Waals surface area contributed by atoms with Crippen LogP contribution in [0.3, 0.4) is 0 Å². The van der Waals surface area contributed by atoms with Crippen LogP contribution in [0.25, 0.3) is 0 Å². The van der Waals surface area contributed by atoms with E-state index in [0.29, 0.717) is 31.6 Å². The zero-order chi connectivity index (χ0) is 16.6. The number of oxazole rings is 1. The number of hydrogen-bond donors (Lipinski definition) is 1. The number of rotatable bonds is 3. The Morgan fingerprint density at radius 1 is 1.30 bits per heavy atom. The minimum absolute atomic E-state index is 0.211. The molecular formula is C15H18N4O4. The highest BCUT2D eigenvalue weighted by Crippen LogP contribution is 2.31. The average molecular weight is 318 g/mol. The number of carboxylic acids is 1. The van der Waals surface area contributed by atoms with Gasteiger partial charge >= 0.3 is 5.97 Å². The number of likely N-dealkylation sites (tertiary alicyclic amines) is 1. The Bertz CT molecular complexity index is 740. The third-order valence-electron chi connectivity index (χ3n) is 4.37. The van der Waals surface area contributed by atoms with E-state index in [9.17, 15) is 14.7 Å². The second kappa shape index (κ2) is 5.53. The molecule has 8 heteroatoms. The van der Waals surface area contributed by atoms with Gasteiger partial charge in [0, 0.05) is 32.1 Å². The molecule has 0 aromatic carbocycles. The van der Waals surface area contributed by atoms with Crippen molar-refractivity contribution in [3.63, 3.8) is 0 Å². The van der Waals surface area contributed by atoms with E-state index in [0.717, 1.165) is 5.56 Å². The van der Waals surface area contributed by atoms with Gasteiger partial charge in [0.25, 0.3) is 5.91 Å². The molecule has 2 aromatic heterocycles. The number of amides is 1. The zero-order valence-electron chi connectivity index (χ0n) is 13.0. The van der Waals surface area contributed by atoms with Crippen molar-refractivity contribution in [1.29, 1.82) is 0 Å². The summed E-state index contributed by atoms with van der Waals surface area (Å²) in [5.41, 5.74) is 0.329. The molecule has 8 nitrogen and oxygen atoms in total. The molecule has 2 aromatic rings. The van der Waals surface area contributed by atoms with E-state index in [1.54, 1.807) is 24.2 Å². The van der Waals surface area contributed by atoms with Crippen LogP contribution in [-0.2, 0) is 10.3 Å². The summed E-state index contributed by atoms with van der Waals surface area (Å²) >= 11 is 0. The fourth-order valence-corrected chi connectivity index (χ4v) is 2.92. The van der Waals surface area contributed by atoms with Gasteiger partial charge in [0.15, 0.2) is 11.9 Å². The molecule has 1 N–H and O–H groups in total. The Balaban J connectivity index is 1.79. The fraction of sp³-hybridized carbons (Fsp3) is 0.467. The first kappa shape index (κ1) is 15.3. The fourth-order valence-electron chi connectivity index (χ4n) is 2.92. The summed E-state index contributed by atoms with van der Waals surface area (Å²) in [4.78, 5) is 29.8. The molecule has 3 rings (SSSR count). The number of piperidine rings is 1. The maximum absolute atomic E-state index is 12.4. The molecule has 0 saturated carbocycles. The van der Waals surface area contributed by atoms with Gasteiger partial charge in [-0.15, -0.1) is 0 Å². The standard InChI is InChI=1S/C15H18N4O4/c1-10-7-17-19(8-10)15(14(21)22)3-5-18(6-4-15)13(20)12-11(2)16-9-23-12/h7-9H,3-6H2,1-2H3,(H,21,22). The molecule has 1 aliphatic rings. The molecule has 1 aliphatic heterocycles. The Labute approximate surface area is 132 Å². The highest BCUT2D eigenvalue weighted by molar-refractivity contribution is 5.92. The predicted octanol–water partition coefficient (Wildman–Crippen LogP) is 1.20. The van der Waals surface area contributed by atoms with Crippen LogP contribution in [0.15, 0.2) is 23.2 Å². The van der Waals surface area contributed by atoms with Gasteiger partial charge in [-0.25, -0.2) is 9.78 Å². The molecule has 0 atom stereocenters. The number of nitrogens with zero attached hydrogens (tertiary/aromatic N) is 4. The second-order valence-electron chi connectivity index (χ2n) is 5.86. The Morgan fingerprint density at radius 2 is 2.00 bits per heavy atom. The first-order valence-electron chi connectivity index (χ1n) is 7.38. The lowest BCUT2D eigenvalue weighted by atomic mass is 9.87. The monoisotopic (exact) mass is 318 g/mol. The van der Waals surface area contributed by atoms with Crippen molar-refractivity contribution in [2.75, 3.05) is 13.1 Å². The largest absolute Gasteiger partial charge is 0.479 e. The predicted molar refractivity (Wildman–Crippen MR) is 79.0 cm³/mol. The van der Waals surface area contributed by atoms with Crippen LogP contribution < -0.4 is 0 Å². The van der Waals surface area contributed by atoms with Crippen LogP contribution in [0.1, 0.15) is 34.7 Å². The third kappa shape index (κ3) is 2.49. The summed E-state index contributed by atoms with van der Waals surface area (Å²) in [5, 5.41) is 13.9. The molecule has 0 radical (unpaired) electrons. The minimum Gasteiger partial charge on any atom is -0.479 e. The van der Waals surface area contributed by atoms with Crippen molar-refractivity contribution in [2.45, 2.75) is 32.2 Å². The summed E-state index contributed by atoms with van der Waals surface area (Å²) < 4.78 is 6.64. The van der Waals surface area contributed by atoms with Gasteiger partial charge in [0.05, 0.1) is 11.9 Å². The molecule has 0 spiro atoms. The van der Waals surface area contributed by atoms with Crippen molar-refractivity contribution in [1.82, 2.24) is 19.7 Å². The molecule has 3 heterocycles. The topological polar surface area (TPSA) is 101 Å². The molecule has 0 unspecified atom stereocenters. The minimum atomic E-state index is -1.11. The first-order valence-corrected chi connectivity index (χ1v) is 7.38. The van der Waals surface area contributed by atoms with E-state index < -0.39 is 11.5 Å². The summed E-state index contributed by atoms with van der Waals surface area (Å²) in [6.07, 6.45) is 5.19. The van der Waals surface area contributed by atoms with E-state index in [2.05, 4.69) is 10.1 Å². The number of hydrogen-bond acceptors (Lipinski definition) is 5. The van der Waals surface area contributed by atoms with E-state index in [1.807, 2.05) is 6.92 Å². The summed E-state index contributed by atoms with van der Waals surface area (Å²) in [6, 6.07) is 0. The van der Waals surface area contributed by atoms with E-state index in [1.165, 1.54) is 11.1 Å². The molecule has 23 heavy (non-hydrogen) atoms. The lowest BCUT2D eigenvalue weighted by Crippen LogP contribution is -2.52. The van der Waals surface area contributed by atoms with Crippen molar-refractivity contribution in [2.24, 2.45) is 0 Å². The molecule has 1 saturated heterocycles. The van der Waals surface area contributed by atoms with Crippen LogP contribution in [0.4, 0.5) is 0 Å². The molecule has 0 bridgehead atoms. The smallest absolute Gasteiger partial charge is 0.331 e. The lowest BCUT2D eigenvalue weighted by molar-refractivity contribution is -0.150. The average Bonchev–Trinajstić information content (AvgIpc) is 3.15. The van der Waals surface area contributed by atoms with Gasteiger partial charge in [-0.1, -0.05) is 0 Å². The van der Waals surface area contributed by atoms with E-state index >= 15 is 0 Å². The van der Waals surface area contributed by atoms with Crippen molar-refractivity contribution >= 4 is 11.9 Å². The number of aryl methyl sites for hydroxylation is 2. The summed E-state index contributed by atoms with van der Waals surface area (Å²) in [6.45, 7) is 4.22. The number of aromatic nitrogens is 3. The van der Waals surface area contributed by atoms with Gasteiger partial charge in [0.1, 0.15) is 0 Å². The molecular weight excluding hydrogens is 300 g/mol. The van der Waals surface area contributed by atoms with Crippen LogP contribution in [0.2, 0.25) is 0 Å². The highest BCUT2D eigenvalue weighted by Gasteiger charge is 2.45. The van der Waals surface area contributed by atoms with Crippen molar-refractivity contribution < 1.29 is 19.1 Å². The first-order chi connectivity index (χ1) is 10.9. The molecule has 0 aliphatic carbocycles. The van der Waals surface area contributed by atoms with Crippen LogP contribution in [-0.4, -0.2) is 49.7 Å². The Hall–Kier alpha value is -2.64. The number of aliphatic carboxylic acids is 1. The van der Waals surface area contributed by atoms with Crippen LogP contribution >= 0.6 is 0 Å². The van der Waals surface area contributed by atoms with Crippen LogP contribution in [0.5, 0.6) is 0 Å². The number of carbonyl (C=O) groups is 2. The zero-order valence-corrected chi connectivity index (χ0v) is 13.0. The Kier molecular flexibility index (Phi) is 3.67. The highest BCUT2D eigenvalue weighted by atomic mass is 16.4. The summed E-state index contributed by atoms with van der Waals surface area (Å²) in [5.74, 6) is -0.970. The maximum Gasteiger partial charge on any atom is 0.331 e. The van der Waals surface area contributed by atoms with Crippen LogP contribution in [0, 0.1) is 13.8 Å². The molecule has 122 valence electrons. The van der Waals surface area contributed by atoms with Crippen molar-refractivity contribution in [3.8, 4) is 0 Å². The van der Waals surface area contributed by atoms with Gasteiger partial charge in [0.2, 0.25) is 5.76 Å². The normalized spacial score (nSPS) is 17.2. The second-order valence-corrected chi connectivity index (χ2v) is 5.86. The van der Waals surface area contributed by atoms with Gasteiger partial charge in [-0.2, -0.15) is 5.10 Å². The van der Waals surface area contributed by atoms with Gasteiger partial charge in [-0.3, -0.25) is 9.48 Å². The number of carboxylic acid groups (broad SMARTS) is 1. The maximum atomic E-state index is 12.4.